The molecule has 7 heteroatoms. The van der Waals surface area contributed by atoms with Gasteiger partial charge in [-0.05, 0) is 65.6 Å². The number of aromatic nitrogens is 1. The summed E-state index contributed by atoms with van der Waals surface area (Å²) >= 11 is 1.80. The van der Waals surface area contributed by atoms with Crippen molar-refractivity contribution in [2.45, 2.75) is 53.4 Å². The van der Waals surface area contributed by atoms with Gasteiger partial charge in [0, 0.05) is 30.9 Å². The fourth-order valence-electron chi connectivity index (χ4n) is 3.21. The maximum absolute atomic E-state index is 4.73. The molecule has 0 spiro atoms. The minimum absolute atomic E-state index is 0. The summed E-state index contributed by atoms with van der Waals surface area (Å²) < 4.78 is 0. The molecule has 5 nitrogen and oxygen atoms in total. The van der Waals surface area contributed by atoms with Crippen molar-refractivity contribution < 1.29 is 0 Å². The molecule has 0 unspecified atom stereocenters. The zero-order valence-electron chi connectivity index (χ0n) is 16.8. The normalized spacial score (nSPS) is 16.4. The smallest absolute Gasteiger partial charge is 0.191 e. The van der Waals surface area contributed by atoms with Crippen molar-refractivity contribution in [3.8, 4) is 0 Å². The quantitative estimate of drug-likeness (QED) is 0.252. The topological polar surface area (TPSA) is 52.6 Å². The van der Waals surface area contributed by atoms with Gasteiger partial charge >= 0.3 is 0 Å². The van der Waals surface area contributed by atoms with Gasteiger partial charge in [-0.1, -0.05) is 6.92 Å². The average Bonchev–Trinajstić information content (AvgIpc) is 2.90. The van der Waals surface area contributed by atoms with Crippen LogP contribution in [0.3, 0.4) is 0 Å². The number of piperidine rings is 1. The van der Waals surface area contributed by atoms with Crippen molar-refractivity contribution in [2.24, 2.45) is 10.9 Å². The summed E-state index contributed by atoms with van der Waals surface area (Å²) in [6.45, 7) is 15.0. The summed E-state index contributed by atoms with van der Waals surface area (Å²) in [5.74, 6) is 1.85. The van der Waals surface area contributed by atoms with Gasteiger partial charge in [-0.2, -0.15) is 0 Å². The largest absolute Gasteiger partial charge is 0.357 e. The molecule has 1 saturated heterocycles. The number of likely N-dealkylation sites (tertiary alicyclic amines) is 1. The second-order valence-electron chi connectivity index (χ2n) is 7.06. The van der Waals surface area contributed by atoms with E-state index in [2.05, 4.69) is 48.2 Å². The number of nitrogens with zero attached hydrogens (tertiary/aromatic N) is 3. The highest BCUT2D eigenvalue weighted by Crippen LogP contribution is 2.17. The number of hydrogen-bond acceptors (Lipinski definition) is 4. The number of guanidine groups is 1. The second kappa shape index (κ2) is 12.9. The minimum atomic E-state index is 0. The first-order valence-electron chi connectivity index (χ1n) is 9.76. The first-order chi connectivity index (χ1) is 12.1. The fraction of sp³-hybridized carbons (Fsp3) is 0.789. The standard InChI is InChI=1S/C19H35N5S.HI/c1-5-20-19(22-11-7-18-16(3)23-17(4)25-18)21-10-6-12-24-13-8-15(2)9-14-24;/h15H,5-14H2,1-4H3,(H2,20,21,22);1H. The molecular weight excluding hydrogens is 457 g/mol. The van der Waals surface area contributed by atoms with Gasteiger partial charge in [0.2, 0.25) is 0 Å². The van der Waals surface area contributed by atoms with Crippen LogP contribution in [0.2, 0.25) is 0 Å². The minimum Gasteiger partial charge on any atom is -0.357 e. The molecule has 0 radical (unpaired) electrons. The molecule has 0 aliphatic carbocycles. The Kier molecular flexibility index (Phi) is 11.7. The average molecular weight is 494 g/mol. The Morgan fingerprint density at radius 2 is 2.00 bits per heavy atom. The highest BCUT2D eigenvalue weighted by Gasteiger charge is 2.14. The van der Waals surface area contributed by atoms with Crippen LogP contribution in [-0.4, -0.2) is 55.1 Å². The predicted molar refractivity (Wildman–Crippen MR) is 124 cm³/mol. The maximum Gasteiger partial charge on any atom is 0.191 e. The van der Waals surface area contributed by atoms with Gasteiger partial charge in [0.1, 0.15) is 0 Å². The molecule has 2 N–H and O–H groups in total. The van der Waals surface area contributed by atoms with Crippen molar-refractivity contribution in [3.05, 3.63) is 15.6 Å². The highest BCUT2D eigenvalue weighted by molar-refractivity contribution is 14.0. The fourth-order valence-corrected chi connectivity index (χ4v) is 4.15. The summed E-state index contributed by atoms with van der Waals surface area (Å²) in [5, 5.41) is 7.95. The number of aliphatic imine (C=N–C) groups is 1. The number of rotatable bonds is 8. The molecule has 1 aliphatic heterocycles. The second-order valence-corrected chi connectivity index (χ2v) is 8.34. The summed E-state index contributed by atoms with van der Waals surface area (Å²) in [6.07, 6.45) is 4.85. The Bertz CT molecular complexity index is 538. The Labute approximate surface area is 180 Å². The van der Waals surface area contributed by atoms with Crippen LogP contribution in [0, 0.1) is 19.8 Å². The van der Waals surface area contributed by atoms with Gasteiger partial charge in [-0.15, -0.1) is 35.3 Å². The van der Waals surface area contributed by atoms with Gasteiger partial charge < -0.3 is 15.5 Å². The summed E-state index contributed by atoms with van der Waals surface area (Å²) in [4.78, 5) is 13.2. The molecule has 0 aromatic carbocycles. The van der Waals surface area contributed by atoms with E-state index in [1.165, 1.54) is 43.0 Å². The van der Waals surface area contributed by atoms with E-state index in [-0.39, 0.29) is 24.0 Å². The number of thiazole rings is 1. The lowest BCUT2D eigenvalue weighted by Gasteiger charge is -2.29. The molecular formula is C19H36IN5S. The molecule has 26 heavy (non-hydrogen) atoms. The summed E-state index contributed by atoms with van der Waals surface area (Å²) in [7, 11) is 0. The first-order valence-corrected chi connectivity index (χ1v) is 10.6. The van der Waals surface area contributed by atoms with Crippen molar-refractivity contribution in [3.63, 3.8) is 0 Å². The molecule has 150 valence electrons. The van der Waals surface area contributed by atoms with Crippen molar-refractivity contribution in [1.29, 1.82) is 0 Å². The third kappa shape index (κ3) is 8.52. The molecule has 1 aromatic rings. The monoisotopic (exact) mass is 493 g/mol. The van der Waals surface area contributed by atoms with Crippen LogP contribution in [0.25, 0.3) is 0 Å². The number of aryl methyl sites for hydroxylation is 2. The van der Waals surface area contributed by atoms with E-state index in [9.17, 15) is 0 Å². The van der Waals surface area contributed by atoms with E-state index in [4.69, 9.17) is 4.99 Å². The van der Waals surface area contributed by atoms with E-state index in [0.717, 1.165) is 49.4 Å². The van der Waals surface area contributed by atoms with Crippen molar-refractivity contribution in [2.75, 3.05) is 39.3 Å². The Morgan fingerprint density at radius 1 is 1.27 bits per heavy atom. The third-order valence-electron chi connectivity index (χ3n) is 4.77. The van der Waals surface area contributed by atoms with Gasteiger partial charge in [0.25, 0.3) is 0 Å². The lowest BCUT2D eigenvalue weighted by molar-refractivity contribution is 0.192. The van der Waals surface area contributed by atoms with Crippen LogP contribution < -0.4 is 10.6 Å². The van der Waals surface area contributed by atoms with Crippen LogP contribution in [0.15, 0.2) is 4.99 Å². The van der Waals surface area contributed by atoms with Crippen molar-refractivity contribution >= 4 is 41.3 Å². The maximum atomic E-state index is 4.73. The number of hydrogen-bond donors (Lipinski definition) is 2. The molecule has 0 bridgehead atoms. The van der Waals surface area contributed by atoms with Crippen LogP contribution in [0.4, 0.5) is 0 Å². The van der Waals surface area contributed by atoms with E-state index in [1.807, 2.05) is 0 Å². The van der Waals surface area contributed by atoms with Gasteiger partial charge in [0.05, 0.1) is 10.7 Å². The molecule has 1 aliphatic rings. The van der Waals surface area contributed by atoms with E-state index < -0.39 is 0 Å². The van der Waals surface area contributed by atoms with Crippen LogP contribution >= 0.6 is 35.3 Å². The van der Waals surface area contributed by atoms with Crippen LogP contribution in [0.1, 0.15) is 48.7 Å². The highest BCUT2D eigenvalue weighted by atomic mass is 127. The Balaban J connectivity index is 0.00000338. The third-order valence-corrected chi connectivity index (χ3v) is 5.90. The Morgan fingerprint density at radius 3 is 2.62 bits per heavy atom. The molecule has 2 rings (SSSR count). The molecule has 1 fully saturated rings. The SMILES string of the molecule is CCNC(=NCCCN1CCC(C)CC1)NCCc1sc(C)nc1C.I. The number of halogens is 1. The lowest BCUT2D eigenvalue weighted by atomic mass is 9.99. The Hall–Kier alpha value is -0.410. The zero-order valence-corrected chi connectivity index (χ0v) is 20.0. The number of nitrogens with one attached hydrogen (secondary N) is 2. The van der Waals surface area contributed by atoms with Gasteiger partial charge in [-0.25, -0.2) is 4.98 Å². The van der Waals surface area contributed by atoms with Crippen LogP contribution in [0.5, 0.6) is 0 Å². The van der Waals surface area contributed by atoms with E-state index >= 15 is 0 Å². The molecule has 0 saturated carbocycles. The molecule has 0 atom stereocenters. The summed E-state index contributed by atoms with van der Waals surface area (Å²) in [5.41, 5.74) is 1.17. The van der Waals surface area contributed by atoms with Gasteiger partial charge in [0.15, 0.2) is 5.96 Å². The van der Waals surface area contributed by atoms with Gasteiger partial charge in [-0.3, -0.25) is 4.99 Å². The first kappa shape index (κ1) is 23.6. The van der Waals surface area contributed by atoms with Crippen LogP contribution in [-0.2, 0) is 6.42 Å². The summed E-state index contributed by atoms with van der Waals surface area (Å²) in [6, 6.07) is 0. The molecule has 1 aromatic heterocycles. The lowest BCUT2D eigenvalue weighted by Crippen LogP contribution is -2.38. The van der Waals surface area contributed by atoms with E-state index in [0.29, 0.717) is 0 Å². The molecule has 2 heterocycles. The molecule has 0 amide bonds. The van der Waals surface area contributed by atoms with E-state index in [1.54, 1.807) is 11.3 Å². The predicted octanol–water partition coefficient (Wildman–Crippen LogP) is 3.60. The van der Waals surface area contributed by atoms with Crippen molar-refractivity contribution in [1.82, 2.24) is 20.5 Å². The zero-order chi connectivity index (χ0) is 18.1.